The van der Waals surface area contributed by atoms with Gasteiger partial charge >= 0.3 is 0 Å². The van der Waals surface area contributed by atoms with Crippen LogP contribution in [-0.2, 0) is 20.0 Å². The minimum absolute atomic E-state index is 0.0309. The van der Waals surface area contributed by atoms with Crippen LogP contribution in [0.3, 0.4) is 0 Å². The molecule has 2 bridgehead atoms. The third-order valence-corrected chi connectivity index (χ3v) is 9.88. The van der Waals surface area contributed by atoms with Gasteiger partial charge in [0.1, 0.15) is 4.75 Å². The first kappa shape index (κ1) is 20.0. The van der Waals surface area contributed by atoms with Gasteiger partial charge in [-0.05, 0) is 62.7 Å². The van der Waals surface area contributed by atoms with E-state index in [0.29, 0.717) is 12.8 Å². The molecule has 2 heterocycles. The highest BCUT2D eigenvalue weighted by molar-refractivity contribution is 7.91. The van der Waals surface area contributed by atoms with Gasteiger partial charge in [-0.15, -0.1) is 0 Å². The topological polar surface area (TPSA) is 120 Å². The van der Waals surface area contributed by atoms with Gasteiger partial charge in [-0.25, -0.2) is 13.4 Å². The Bertz CT molecular complexity index is 1330. The molecule has 1 amide bonds. The van der Waals surface area contributed by atoms with Crippen molar-refractivity contribution in [1.82, 2.24) is 29.7 Å². The minimum Gasteiger partial charge on any atom is -0.344 e. The summed E-state index contributed by atoms with van der Waals surface area (Å²) in [5.41, 5.74) is 2.79. The molecule has 1 N–H and O–H groups in total. The molecule has 32 heavy (non-hydrogen) atoms. The Kier molecular flexibility index (Phi) is 3.89. The van der Waals surface area contributed by atoms with Gasteiger partial charge < -0.3 is 5.32 Å². The average molecular weight is 471 g/mol. The van der Waals surface area contributed by atoms with Crippen LogP contribution in [0.5, 0.6) is 0 Å². The first-order chi connectivity index (χ1) is 15.1. The van der Waals surface area contributed by atoms with Gasteiger partial charge in [0.25, 0.3) is 5.91 Å². The maximum atomic E-state index is 12.8. The number of hydrogen-bond acceptors (Lipinski definition) is 8. The molecule has 0 aliphatic heterocycles. The molecule has 0 atom stereocenters. The second-order valence-electron chi connectivity index (χ2n) is 9.59. The zero-order valence-corrected chi connectivity index (χ0v) is 19.3. The van der Waals surface area contributed by atoms with Crippen molar-refractivity contribution in [2.24, 2.45) is 0 Å². The molecule has 1 aromatic carbocycles. The number of nitrogens with zero attached hydrogens (tertiary/aromatic N) is 5. The van der Waals surface area contributed by atoms with Crippen LogP contribution in [0.1, 0.15) is 59.0 Å². The molecule has 0 radical (unpaired) electrons. The largest absolute Gasteiger partial charge is 0.344 e. The number of benzene rings is 1. The van der Waals surface area contributed by atoms with Crippen LogP contribution in [0.4, 0.5) is 0 Å². The lowest BCUT2D eigenvalue weighted by Crippen LogP contribution is -2.76. The van der Waals surface area contributed by atoms with E-state index in [-0.39, 0.29) is 27.7 Å². The first-order valence-corrected chi connectivity index (χ1v) is 13.2. The summed E-state index contributed by atoms with van der Waals surface area (Å²) in [4.78, 5) is 18.7. The molecule has 9 nitrogen and oxygen atoms in total. The number of hydrogen-bond donors (Lipinski definition) is 1. The molecule has 2 aromatic heterocycles. The predicted molar refractivity (Wildman–Crippen MR) is 117 cm³/mol. The van der Waals surface area contributed by atoms with Crippen LogP contribution in [0.2, 0.25) is 0 Å². The van der Waals surface area contributed by atoms with E-state index in [0.717, 1.165) is 42.2 Å². The Morgan fingerprint density at radius 3 is 2.47 bits per heavy atom. The fraction of sp³-hybridized carbons (Fsp3) is 0.476. The molecule has 4 fully saturated rings. The Morgan fingerprint density at radius 1 is 1.16 bits per heavy atom. The highest BCUT2D eigenvalue weighted by Gasteiger charge is 2.70. The summed E-state index contributed by atoms with van der Waals surface area (Å²) >= 11 is 0.967. The second-order valence-corrected chi connectivity index (χ2v) is 12.7. The van der Waals surface area contributed by atoms with Crippen molar-refractivity contribution in [3.05, 3.63) is 52.6 Å². The quantitative estimate of drug-likeness (QED) is 0.585. The maximum Gasteiger partial charge on any atom is 0.282 e. The molecule has 4 saturated carbocycles. The van der Waals surface area contributed by atoms with Crippen molar-refractivity contribution < 1.29 is 13.2 Å². The number of rotatable bonds is 6. The number of aryl methyl sites for hydroxylation is 1. The lowest BCUT2D eigenvalue weighted by Gasteiger charge is -2.69. The number of sulfone groups is 1. The Balaban J connectivity index is 1.12. The maximum absolute atomic E-state index is 12.8. The van der Waals surface area contributed by atoms with Gasteiger partial charge in [0, 0.05) is 17.2 Å². The van der Waals surface area contributed by atoms with Crippen molar-refractivity contribution in [2.45, 2.75) is 54.7 Å². The van der Waals surface area contributed by atoms with Crippen molar-refractivity contribution >= 4 is 27.3 Å². The van der Waals surface area contributed by atoms with Crippen LogP contribution in [0.15, 0.2) is 30.5 Å². The summed E-state index contributed by atoms with van der Waals surface area (Å²) in [5.74, 6) is -0.0217. The fourth-order valence-corrected chi connectivity index (χ4v) is 7.14. The Hall–Kier alpha value is -2.66. The minimum atomic E-state index is -3.30. The molecule has 7 rings (SSSR count). The zero-order valence-electron chi connectivity index (χ0n) is 17.7. The Morgan fingerprint density at radius 2 is 1.84 bits per heavy atom. The van der Waals surface area contributed by atoms with Gasteiger partial charge in [0.15, 0.2) is 15.7 Å². The van der Waals surface area contributed by atoms with E-state index >= 15 is 0 Å². The molecule has 0 unspecified atom stereocenters. The van der Waals surface area contributed by atoms with Crippen LogP contribution in [0.25, 0.3) is 5.69 Å². The van der Waals surface area contributed by atoms with E-state index in [1.807, 2.05) is 37.4 Å². The number of amides is 1. The van der Waals surface area contributed by atoms with Gasteiger partial charge in [-0.3, -0.25) is 4.79 Å². The van der Waals surface area contributed by atoms with Crippen molar-refractivity contribution in [3.8, 4) is 5.69 Å². The summed E-state index contributed by atoms with van der Waals surface area (Å²) in [6, 6.07) is 8.05. The summed E-state index contributed by atoms with van der Waals surface area (Å²) in [7, 11) is -3.30. The normalized spacial score (nSPS) is 27.3. The summed E-state index contributed by atoms with van der Waals surface area (Å²) in [5, 5.41) is 12.4. The molecular formula is C21H22N6O3S2. The monoisotopic (exact) mass is 470 g/mol. The van der Waals surface area contributed by atoms with E-state index in [1.165, 1.54) is 11.8 Å². The molecule has 0 saturated heterocycles. The molecule has 166 valence electrons. The van der Waals surface area contributed by atoms with Gasteiger partial charge in [-0.1, -0.05) is 17.7 Å². The fourth-order valence-electron chi connectivity index (χ4n) is 5.17. The summed E-state index contributed by atoms with van der Waals surface area (Å²) < 4.78 is 27.3. The molecule has 11 heteroatoms. The first-order valence-electron chi connectivity index (χ1n) is 10.5. The summed E-state index contributed by atoms with van der Waals surface area (Å²) in [6.07, 6.45) is 6.50. The SMILES string of the molecule is Cc1ccc(-n2ncc(C34CC(NC(=O)c5nc(C6(S(C)(=O)=O)CC6)ns5)(C3)C4)n2)cc1. The highest BCUT2D eigenvalue weighted by atomic mass is 32.2. The number of carbonyl (C=O) groups is 1. The van der Waals surface area contributed by atoms with Gasteiger partial charge in [-0.2, -0.15) is 19.4 Å². The lowest BCUT2D eigenvalue weighted by atomic mass is 9.38. The number of nitrogens with one attached hydrogen (secondary N) is 1. The third-order valence-electron chi connectivity index (χ3n) is 7.15. The van der Waals surface area contributed by atoms with Crippen LogP contribution >= 0.6 is 11.5 Å². The van der Waals surface area contributed by atoms with E-state index < -0.39 is 14.6 Å². The Labute approximate surface area is 189 Å². The van der Waals surface area contributed by atoms with Crippen LogP contribution < -0.4 is 5.32 Å². The van der Waals surface area contributed by atoms with E-state index in [1.54, 1.807) is 4.80 Å². The molecule has 4 aliphatic carbocycles. The third kappa shape index (κ3) is 2.80. The molecular weight excluding hydrogens is 448 g/mol. The molecule has 0 spiro atoms. The van der Waals surface area contributed by atoms with Crippen LogP contribution in [0, 0.1) is 6.92 Å². The molecule has 4 aliphatic rings. The lowest BCUT2D eigenvalue weighted by molar-refractivity contribution is -0.0836. The van der Waals surface area contributed by atoms with Crippen molar-refractivity contribution in [2.75, 3.05) is 6.26 Å². The average Bonchev–Trinajstić information content (AvgIpc) is 3.14. The zero-order chi connectivity index (χ0) is 22.4. The van der Waals surface area contributed by atoms with Crippen molar-refractivity contribution in [3.63, 3.8) is 0 Å². The highest BCUT2D eigenvalue weighted by Crippen LogP contribution is 2.67. The van der Waals surface area contributed by atoms with Gasteiger partial charge in [0.05, 0.1) is 17.6 Å². The van der Waals surface area contributed by atoms with Crippen LogP contribution in [-0.4, -0.2) is 50.5 Å². The van der Waals surface area contributed by atoms with E-state index in [2.05, 4.69) is 24.9 Å². The summed E-state index contributed by atoms with van der Waals surface area (Å²) in [6.45, 7) is 2.04. The predicted octanol–water partition coefficient (Wildman–Crippen LogP) is 2.07. The standard InChI is InChI=1S/C21H22N6O3S2/c1-13-3-5-14(6-4-13)27-22-9-15(25-27)19-10-20(11-19,12-19)24-16(28)17-23-18(26-31-17)21(7-8-21)32(2,29)30/h3-6,9H,7-8,10-12H2,1-2H3,(H,24,28). The van der Waals surface area contributed by atoms with Crippen molar-refractivity contribution in [1.29, 1.82) is 0 Å². The van der Waals surface area contributed by atoms with E-state index in [4.69, 9.17) is 0 Å². The van der Waals surface area contributed by atoms with Gasteiger partial charge in [0.2, 0.25) is 5.01 Å². The van der Waals surface area contributed by atoms with E-state index in [9.17, 15) is 13.2 Å². The number of aromatic nitrogens is 5. The number of carbonyl (C=O) groups excluding carboxylic acids is 1. The molecule has 3 aromatic rings. The smallest absolute Gasteiger partial charge is 0.282 e. The second kappa shape index (κ2) is 6.22.